The molecular formula is C17H26F3N3O3. The van der Waals surface area contributed by atoms with Crippen molar-refractivity contribution in [3.05, 3.63) is 0 Å². The van der Waals surface area contributed by atoms with Crippen LogP contribution >= 0.6 is 0 Å². The SMILES string of the molecule is CC(C)C[C@H](NC(=O)C1CCCN1C(=O)C(F)(F)F)C(=O)N1CCCC1. The Bertz CT molecular complexity index is 545. The number of nitrogens with one attached hydrogen (secondary N) is 1. The van der Waals surface area contributed by atoms with Crippen molar-refractivity contribution in [1.29, 1.82) is 0 Å². The molecule has 0 bridgehead atoms. The number of rotatable bonds is 5. The van der Waals surface area contributed by atoms with Gasteiger partial charge in [0.25, 0.3) is 0 Å². The largest absolute Gasteiger partial charge is 0.471 e. The number of hydrogen-bond acceptors (Lipinski definition) is 3. The molecule has 148 valence electrons. The van der Waals surface area contributed by atoms with Gasteiger partial charge in [0.1, 0.15) is 12.1 Å². The minimum absolute atomic E-state index is 0.106. The molecule has 9 heteroatoms. The van der Waals surface area contributed by atoms with Gasteiger partial charge in [-0.05, 0) is 38.0 Å². The normalized spacial score (nSPS) is 22.0. The average Bonchev–Trinajstić information content (AvgIpc) is 3.22. The van der Waals surface area contributed by atoms with Gasteiger partial charge in [-0.1, -0.05) is 13.8 Å². The molecule has 3 amide bonds. The highest BCUT2D eigenvalue weighted by atomic mass is 19.4. The lowest BCUT2D eigenvalue weighted by Gasteiger charge is -2.29. The third-order valence-corrected chi connectivity index (χ3v) is 4.80. The highest BCUT2D eigenvalue weighted by molar-refractivity contribution is 5.93. The lowest BCUT2D eigenvalue weighted by molar-refractivity contribution is -0.186. The Morgan fingerprint density at radius 2 is 1.69 bits per heavy atom. The fourth-order valence-corrected chi connectivity index (χ4v) is 3.56. The molecule has 0 aliphatic carbocycles. The van der Waals surface area contributed by atoms with Crippen LogP contribution in [0.2, 0.25) is 0 Å². The predicted molar refractivity (Wildman–Crippen MR) is 88.0 cm³/mol. The molecule has 0 aromatic heterocycles. The van der Waals surface area contributed by atoms with Crippen LogP contribution in [0.4, 0.5) is 13.2 Å². The van der Waals surface area contributed by atoms with Crippen LogP contribution in [0, 0.1) is 5.92 Å². The molecule has 2 aliphatic rings. The molecular weight excluding hydrogens is 351 g/mol. The summed E-state index contributed by atoms with van der Waals surface area (Å²) < 4.78 is 38.2. The fourth-order valence-electron chi connectivity index (χ4n) is 3.56. The number of nitrogens with zero attached hydrogens (tertiary/aromatic N) is 2. The minimum atomic E-state index is -5.01. The van der Waals surface area contributed by atoms with Crippen LogP contribution in [0.25, 0.3) is 0 Å². The van der Waals surface area contributed by atoms with Gasteiger partial charge in [0.15, 0.2) is 0 Å². The maximum Gasteiger partial charge on any atom is 0.471 e. The predicted octanol–water partition coefficient (Wildman–Crippen LogP) is 1.69. The molecule has 2 fully saturated rings. The Morgan fingerprint density at radius 1 is 1.08 bits per heavy atom. The molecule has 2 rings (SSSR count). The molecule has 2 saturated heterocycles. The van der Waals surface area contributed by atoms with Crippen LogP contribution in [0.5, 0.6) is 0 Å². The van der Waals surface area contributed by atoms with Crippen molar-refractivity contribution in [1.82, 2.24) is 15.1 Å². The molecule has 6 nitrogen and oxygen atoms in total. The summed E-state index contributed by atoms with van der Waals surface area (Å²) in [5.41, 5.74) is 0. The Kier molecular flexibility index (Phi) is 6.52. The summed E-state index contributed by atoms with van der Waals surface area (Å²) >= 11 is 0. The van der Waals surface area contributed by atoms with Gasteiger partial charge < -0.3 is 15.1 Å². The molecule has 26 heavy (non-hydrogen) atoms. The number of carbonyl (C=O) groups excluding carboxylic acids is 3. The van der Waals surface area contributed by atoms with Gasteiger partial charge in [0.2, 0.25) is 11.8 Å². The van der Waals surface area contributed by atoms with Crippen molar-refractivity contribution in [2.75, 3.05) is 19.6 Å². The van der Waals surface area contributed by atoms with Gasteiger partial charge in [-0.2, -0.15) is 13.2 Å². The number of alkyl halides is 3. The molecule has 1 unspecified atom stereocenters. The smallest absolute Gasteiger partial charge is 0.342 e. The minimum Gasteiger partial charge on any atom is -0.342 e. The second-order valence-corrected chi connectivity index (χ2v) is 7.38. The monoisotopic (exact) mass is 377 g/mol. The van der Waals surface area contributed by atoms with E-state index in [0.29, 0.717) is 30.8 Å². The summed E-state index contributed by atoms with van der Waals surface area (Å²) in [4.78, 5) is 39.0. The van der Waals surface area contributed by atoms with Crippen LogP contribution in [0.15, 0.2) is 0 Å². The first-order chi connectivity index (χ1) is 12.1. The first-order valence-corrected chi connectivity index (χ1v) is 9.08. The van der Waals surface area contributed by atoms with Gasteiger partial charge in [-0.15, -0.1) is 0 Å². The summed E-state index contributed by atoms with van der Waals surface area (Å²) in [5, 5.41) is 2.61. The maximum absolute atomic E-state index is 12.7. The number of amides is 3. The van der Waals surface area contributed by atoms with E-state index in [9.17, 15) is 27.6 Å². The molecule has 0 aromatic rings. The Hall–Kier alpha value is -1.80. The van der Waals surface area contributed by atoms with Crippen LogP contribution in [-0.4, -0.2) is 65.4 Å². The number of hydrogen-bond donors (Lipinski definition) is 1. The summed E-state index contributed by atoms with van der Waals surface area (Å²) in [7, 11) is 0. The highest BCUT2D eigenvalue weighted by Gasteiger charge is 2.48. The Balaban J connectivity index is 2.07. The second-order valence-electron chi connectivity index (χ2n) is 7.38. The van der Waals surface area contributed by atoms with Gasteiger partial charge >= 0.3 is 12.1 Å². The molecule has 0 saturated carbocycles. The number of likely N-dealkylation sites (tertiary alicyclic amines) is 2. The van der Waals surface area contributed by atoms with E-state index in [0.717, 1.165) is 12.8 Å². The second kappa shape index (κ2) is 8.26. The molecule has 2 heterocycles. The van der Waals surface area contributed by atoms with Crippen LogP contribution in [-0.2, 0) is 14.4 Å². The molecule has 0 radical (unpaired) electrons. The average molecular weight is 377 g/mol. The molecule has 0 aromatic carbocycles. The van der Waals surface area contributed by atoms with Crippen molar-refractivity contribution in [2.45, 2.75) is 64.2 Å². The zero-order chi connectivity index (χ0) is 19.5. The standard InChI is InChI=1S/C17H26F3N3O3/c1-11(2)10-12(15(25)22-7-3-4-8-22)21-14(24)13-6-5-9-23(13)16(26)17(18,19)20/h11-13H,3-10H2,1-2H3,(H,21,24)/t12-,13?/m0/s1. The third-order valence-electron chi connectivity index (χ3n) is 4.80. The van der Waals surface area contributed by atoms with E-state index in [1.165, 1.54) is 0 Å². The summed E-state index contributed by atoms with van der Waals surface area (Å²) in [6.45, 7) is 4.97. The van der Waals surface area contributed by atoms with Crippen molar-refractivity contribution in [3.63, 3.8) is 0 Å². The zero-order valence-corrected chi connectivity index (χ0v) is 15.1. The van der Waals surface area contributed by atoms with E-state index < -0.39 is 30.1 Å². The van der Waals surface area contributed by atoms with Gasteiger partial charge in [-0.25, -0.2) is 0 Å². The first-order valence-electron chi connectivity index (χ1n) is 9.08. The summed E-state index contributed by atoms with van der Waals surface area (Å²) in [5.74, 6) is -2.75. The highest BCUT2D eigenvalue weighted by Crippen LogP contribution is 2.26. The first kappa shape index (κ1) is 20.5. The van der Waals surface area contributed by atoms with E-state index >= 15 is 0 Å². The van der Waals surface area contributed by atoms with Crippen molar-refractivity contribution in [2.24, 2.45) is 5.92 Å². The number of halogens is 3. The molecule has 2 atom stereocenters. The van der Waals surface area contributed by atoms with Gasteiger partial charge in [0.05, 0.1) is 0 Å². The van der Waals surface area contributed by atoms with Crippen molar-refractivity contribution < 1.29 is 27.6 Å². The van der Waals surface area contributed by atoms with Crippen LogP contribution in [0.1, 0.15) is 46.0 Å². The molecule has 1 N–H and O–H groups in total. The lowest BCUT2D eigenvalue weighted by atomic mass is 10.0. The third kappa shape index (κ3) is 4.88. The van der Waals surface area contributed by atoms with E-state index in [-0.39, 0.29) is 24.8 Å². The summed E-state index contributed by atoms with van der Waals surface area (Å²) in [6, 6.07) is -1.95. The zero-order valence-electron chi connectivity index (χ0n) is 15.1. The topological polar surface area (TPSA) is 69.7 Å². The summed E-state index contributed by atoms with van der Waals surface area (Å²) in [6.07, 6.45) is -2.30. The van der Waals surface area contributed by atoms with E-state index in [2.05, 4.69) is 5.32 Å². The number of carbonyl (C=O) groups is 3. The Labute approximate surface area is 151 Å². The maximum atomic E-state index is 12.7. The van der Waals surface area contributed by atoms with E-state index in [1.807, 2.05) is 13.8 Å². The molecule has 0 spiro atoms. The van der Waals surface area contributed by atoms with Crippen LogP contribution in [0.3, 0.4) is 0 Å². The van der Waals surface area contributed by atoms with Gasteiger partial charge in [-0.3, -0.25) is 14.4 Å². The van der Waals surface area contributed by atoms with Crippen molar-refractivity contribution >= 4 is 17.7 Å². The quantitative estimate of drug-likeness (QED) is 0.793. The Morgan fingerprint density at radius 3 is 2.23 bits per heavy atom. The fraction of sp³-hybridized carbons (Fsp3) is 0.824. The van der Waals surface area contributed by atoms with E-state index in [4.69, 9.17) is 0 Å². The molecule has 2 aliphatic heterocycles. The lowest BCUT2D eigenvalue weighted by Crippen LogP contribution is -2.55. The van der Waals surface area contributed by atoms with E-state index in [1.54, 1.807) is 4.90 Å². The van der Waals surface area contributed by atoms with Crippen molar-refractivity contribution in [3.8, 4) is 0 Å². The van der Waals surface area contributed by atoms with Crippen LogP contribution < -0.4 is 5.32 Å². The van der Waals surface area contributed by atoms with Gasteiger partial charge in [0, 0.05) is 19.6 Å².